The standard InChI is InChI=1S/C28H34N2O5/c1-17(2)25(14-27(32)33)30-26(31)13-19(18-11-12-18)15-29-28(34)35-16-24-22-9-5-3-7-20(22)21-8-4-6-10-23(21)24/h3-10,17-19,24-25H,11-16H2,1-2H3,(H,29,34)(H,30,31)(H,32,33). The second-order valence-corrected chi connectivity index (χ2v) is 10.0. The number of rotatable bonds is 11. The van der Waals surface area contributed by atoms with Crippen molar-refractivity contribution in [3.8, 4) is 11.1 Å². The van der Waals surface area contributed by atoms with Gasteiger partial charge in [-0.3, -0.25) is 9.59 Å². The van der Waals surface area contributed by atoms with E-state index < -0.39 is 18.1 Å². The third kappa shape index (κ3) is 6.21. The highest BCUT2D eigenvalue weighted by molar-refractivity contribution is 5.79. The van der Waals surface area contributed by atoms with Crippen LogP contribution in [0.15, 0.2) is 48.5 Å². The van der Waals surface area contributed by atoms with Gasteiger partial charge in [-0.2, -0.15) is 0 Å². The van der Waals surface area contributed by atoms with Crippen molar-refractivity contribution in [2.24, 2.45) is 17.8 Å². The summed E-state index contributed by atoms with van der Waals surface area (Å²) >= 11 is 0. The SMILES string of the molecule is CC(C)C(CC(=O)O)NC(=O)CC(CNC(=O)OCC1c2ccccc2-c2ccccc21)C1CC1. The molecule has 0 aliphatic heterocycles. The molecule has 35 heavy (non-hydrogen) atoms. The van der Waals surface area contributed by atoms with Crippen molar-refractivity contribution in [3.05, 3.63) is 59.7 Å². The van der Waals surface area contributed by atoms with Crippen LogP contribution >= 0.6 is 0 Å². The van der Waals surface area contributed by atoms with Gasteiger partial charge in [0.2, 0.25) is 5.91 Å². The van der Waals surface area contributed by atoms with Crippen molar-refractivity contribution < 1.29 is 24.2 Å². The van der Waals surface area contributed by atoms with Crippen molar-refractivity contribution in [3.63, 3.8) is 0 Å². The topological polar surface area (TPSA) is 105 Å². The van der Waals surface area contributed by atoms with Gasteiger partial charge < -0.3 is 20.5 Å². The quantitative estimate of drug-likeness (QED) is 0.439. The third-order valence-electron chi connectivity index (χ3n) is 7.13. The molecule has 1 fully saturated rings. The molecule has 0 aromatic heterocycles. The van der Waals surface area contributed by atoms with E-state index in [4.69, 9.17) is 9.84 Å². The molecule has 0 radical (unpaired) electrons. The molecule has 0 bridgehead atoms. The van der Waals surface area contributed by atoms with Crippen LogP contribution in [0.1, 0.15) is 56.6 Å². The summed E-state index contributed by atoms with van der Waals surface area (Å²) in [5.41, 5.74) is 4.68. The normalized spacial score (nSPS) is 16.2. The zero-order valence-corrected chi connectivity index (χ0v) is 20.3. The van der Waals surface area contributed by atoms with Crippen molar-refractivity contribution in [2.75, 3.05) is 13.2 Å². The number of benzene rings is 2. The lowest BCUT2D eigenvalue weighted by molar-refractivity contribution is -0.138. The van der Waals surface area contributed by atoms with Gasteiger partial charge in [-0.05, 0) is 52.8 Å². The maximum absolute atomic E-state index is 12.6. The molecule has 1 saturated carbocycles. The Morgan fingerprint density at radius 3 is 2.11 bits per heavy atom. The largest absolute Gasteiger partial charge is 0.481 e. The summed E-state index contributed by atoms with van der Waals surface area (Å²) in [4.78, 5) is 36.3. The molecular weight excluding hydrogens is 444 g/mol. The number of carbonyl (C=O) groups excluding carboxylic acids is 2. The minimum Gasteiger partial charge on any atom is -0.481 e. The molecule has 0 saturated heterocycles. The number of carboxylic acids is 1. The highest BCUT2D eigenvalue weighted by atomic mass is 16.5. The predicted octanol–water partition coefficient (Wildman–Crippen LogP) is 4.56. The molecule has 7 heteroatoms. The van der Waals surface area contributed by atoms with Gasteiger partial charge in [0.05, 0.1) is 6.42 Å². The highest BCUT2D eigenvalue weighted by Crippen LogP contribution is 2.44. The number of hydrogen-bond donors (Lipinski definition) is 3. The molecule has 4 rings (SSSR count). The van der Waals surface area contributed by atoms with Gasteiger partial charge in [-0.1, -0.05) is 62.4 Å². The van der Waals surface area contributed by atoms with Crippen LogP contribution < -0.4 is 10.6 Å². The van der Waals surface area contributed by atoms with Crippen LogP contribution in [0.25, 0.3) is 11.1 Å². The van der Waals surface area contributed by atoms with Gasteiger partial charge in [0.15, 0.2) is 0 Å². The summed E-state index contributed by atoms with van der Waals surface area (Å²) in [6.07, 6.45) is 1.75. The average molecular weight is 479 g/mol. The van der Waals surface area contributed by atoms with E-state index in [0.717, 1.165) is 24.0 Å². The number of amides is 2. The predicted molar refractivity (Wildman–Crippen MR) is 133 cm³/mol. The monoisotopic (exact) mass is 478 g/mol. The highest BCUT2D eigenvalue weighted by Gasteiger charge is 2.34. The lowest BCUT2D eigenvalue weighted by Gasteiger charge is -2.23. The van der Waals surface area contributed by atoms with Crippen molar-refractivity contribution in [2.45, 2.75) is 51.5 Å². The Bertz CT molecular complexity index is 1030. The molecule has 2 aliphatic carbocycles. The first-order chi connectivity index (χ1) is 16.8. The molecule has 0 heterocycles. The van der Waals surface area contributed by atoms with E-state index in [-0.39, 0.29) is 43.1 Å². The number of alkyl carbamates (subject to hydrolysis) is 1. The average Bonchev–Trinajstić information content (AvgIpc) is 3.62. The second-order valence-electron chi connectivity index (χ2n) is 10.0. The summed E-state index contributed by atoms with van der Waals surface area (Å²) in [7, 11) is 0. The van der Waals surface area contributed by atoms with Crippen LogP contribution in [-0.4, -0.2) is 42.3 Å². The number of nitrogens with one attached hydrogen (secondary N) is 2. The van der Waals surface area contributed by atoms with Crippen LogP contribution in [0.5, 0.6) is 0 Å². The van der Waals surface area contributed by atoms with E-state index >= 15 is 0 Å². The maximum Gasteiger partial charge on any atom is 0.407 e. The molecule has 3 N–H and O–H groups in total. The Morgan fingerprint density at radius 1 is 0.971 bits per heavy atom. The summed E-state index contributed by atoms with van der Waals surface area (Å²) in [6, 6.07) is 16.0. The first-order valence-electron chi connectivity index (χ1n) is 12.4. The van der Waals surface area contributed by atoms with Crippen LogP contribution in [0.2, 0.25) is 0 Å². The Hall–Kier alpha value is -3.35. The molecule has 7 nitrogen and oxygen atoms in total. The molecule has 2 atom stereocenters. The fourth-order valence-corrected chi connectivity index (χ4v) is 4.98. The number of aliphatic carboxylic acids is 1. The Kier molecular flexibility index (Phi) is 7.73. The number of hydrogen-bond acceptors (Lipinski definition) is 4. The van der Waals surface area contributed by atoms with E-state index in [2.05, 4.69) is 34.9 Å². The van der Waals surface area contributed by atoms with Gasteiger partial charge in [0.25, 0.3) is 0 Å². The van der Waals surface area contributed by atoms with Crippen LogP contribution in [0, 0.1) is 17.8 Å². The maximum atomic E-state index is 12.6. The minimum atomic E-state index is -0.931. The van der Waals surface area contributed by atoms with Gasteiger partial charge in [-0.15, -0.1) is 0 Å². The van der Waals surface area contributed by atoms with E-state index in [9.17, 15) is 14.4 Å². The summed E-state index contributed by atoms with van der Waals surface area (Å²) < 4.78 is 5.62. The smallest absolute Gasteiger partial charge is 0.407 e. The fourth-order valence-electron chi connectivity index (χ4n) is 4.98. The molecule has 2 aromatic carbocycles. The van der Waals surface area contributed by atoms with E-state index in [1.807, 2.05) is 38.1 Å². The van der Waals surface area contributed by atoms with E-state index in [0.29, 0.717) is 12.5 Å². The van der Waals surface area contributed by atoms with Crippen molar-refractivity contribution >= 4 is 18.0 Å². The fraction of sp³-hybridized carbons (Fsp3) is 0.464. The Labute approximate surface area is 206 Å². The summed E-state index contributed by atoms with van der Waals surface area (Å²) in [5, 5.41) is 14.8. The lowest BCUT2D eigenvalue weighted by atomic mass is 9.97. The number of carbonyl (C=O) groups is 3. The minimum absolute atomic E-state index is 0.000332. The molecule has 0 spiro atoms. The van der Waals surface area contributed by atoms with Gasteiger partial charge in [0, 0.05) is 24.9 Å². The van der Waals surface area contributed by atoms with Crippen molar-refractivity contribution in [1.82, 2.24) is 10.6 Å². The van der Waals surface area contributed by atoms with Crippen LogP contribution in [0.4, 0.5) is 4.79 Å². The number of ether oxygens (including phenoxy) is 1. The first-order valence-corrected chi connectivity index (χ1v) is 12.4. The summed E-state index contributed by atoms with van der Waals surface area (Å²) in [5.74, 6) is -0.677. The third-order valence-corrected chi connectivity index (χ3v) is 7.13. The summed E-state index contributed by atoms with van der Waals surface area (Å²) in [6.45, 7) is 4.40. The van der Waals surface area contributed by atoms with E-state index in [1.54, 1.807) is 0 Å². The number of fused-ring (bicyclic) bond motifs is 3. The lowest BCUT2D eigenvalue weighted by Crippen LogP contribution is -2.42. The van der Waals surface area contributed by atoms with Crippen LogP contribution in [-0.2, 0) is 14.3 Å². The molecule has 2 amide bonds. The van der Waals surface area contributed by atoms with Crippen molar-refractivity contribution in [1.29, 1.82) is 0 Å². The number of carboxylic acid groups (broad SMARTS) is 1. The molecule has 2 unspecified atom stereocenters. The zero-order valence-electron chi connectivity index (χ0n) is 20.3. The molecule has 2 aliphatic rings. The molecular formula is C28H34N2O5. The van der Waals surface area contributed by atoms with E-state index in [1.165, 1.54) is 11.1 Å². The van der Waals surface area contributed by atoms with Crippen LogP contribution in [0.3, 0.4) is 0 Å². The Morgan fingerprint density at radius 2 is 1.57 bits per heavy atom. The molecule has 2 aromatic rings. The first kappa shape index (κ1) is 24.8. The Balaban J connectivity index is 1.29. The second kappa shape index (κ2) is 10.9. The zero-order chi connectivity index (χ0) is 24.9. The van der Waals surface area contributed by atoms with Gasteiger partial charge in [0.1, 0.15) is 6.61 Å². The van der Waals surface area contributed by atoms with Gasteiger partial charge in [-0.25, -0.2) is 4.79 Å². The van der Waals surface area contributed by atoms with Gasteiger partial charge >= 0.3 is 12.1 Å². The molecule has 186 valence electrons.